The van der Waals surface area contributed by atoms with Crippen molar-refractivity contribution in [2.24, 2.45) is 11.3 Å². The number of ether oxygens (including phenoxy) is 1. The summed E-state index contributed by atoms with van der Waals surface area (Å²) < 4.78 is 5.67. The number of hydrogen-bond acceptors (Lipinski definition) is 5. The van der Waals surface area contributed by atoms with Crippen LogP contribution >= 0.6 is 0 Å². The number of aliphatic hydroxyl groups excluding tert-OH is 1. The van der Waals surface area contributed by atoms with Crippen LogP contribution in [0, 0.1) is 11.3 Å². The molecule has 304 valence electrons. The van der Waals surface area contributed by atoms with Crippen LogP contribution in [0.15, 0.2) is 58.2 Å². The van der Waals surface area contributed by atoms with Crippen molar-refractivity contribution in [3.8, 4) is 0 Å². The lowest BCUT2D eigenvalue weighted by molar-refractivity contribution is -0.144. The second-order valence-electron chi connectivity index (χ2n) is 16.9. The molecule has 0 saturated heterocycles. The summed E-state index contributed by atoms with van der Waals surface area (Å²) in [6.07, 6.45) is 34.9. The minimum Gasteiger partial charge on any atom is -0.466 e. The number of unbranched alkanes of at least 4 members (excludes halogenated alkanes) is 11. The first-order valence-corrected chi connectivity index (χ1v) is 21.6. The first-order chi connectivity index (χ1) is 25.3. The zero-order chi connectivity index (χ0) is 39.5. The number of rotatable bonds is 29. The molecule has 0 heterocycles. The van der Waals surface area contributed by atoms with Crippen molar-refractivity contribution in [1.29, 1.82) is 0 Å². The number of aldehydes is 1. The quantitative estimate of drug-likeness (QED) is 0.0262. The molecule has 1 saturated carbocycles. The third-order valence-corrected chi connectivity index (χ3v) is 12.0. The van der Waals surface area contributed by atoms with Gasteiger partial charge in [0, 0.05) is 11.8 Å². The Morgan fingerprint density at radius 2 is 1.43 bits per heavy atom. The maximum atomic E-state index is 12.5. The minimum absolute atomic E-state index is 0.00700. The standard InChI is InChI=1S/C48H82O5/c1-9-10-11-12-13-14-15-16-17-18-19-20-21-22-23-31-46(51)53-37-26-30-44-43(42(6)38-49)34-36-48(8,52)47(44,7)35-25-29-41(5)45(50)33-32-40(4)28-24-27-39(2)3/h12-13,27,29,32,38,44-45,50,52H,9-11,14-26,28,30-31,33-37H2,1-8H3/b13-12-,40-32+,41-29+,43-42+/t44-,45?,47+,48+/m1/s1. The first-order valence-electron chi connectivity index (χ1n) is 21.6. The maximum Gasteiger partial charge on any atom is 0.305 e. The van der Waals surface area contributed by atoms with Crippen molar-refractivity contribution in [1.82, 2.24) is 0 Å². The Labute approximate surface area is 326 Å². The number of esters is 1. The monoisotopic (exact) mass is 739 g/mol. The number of aliphatic hydroxyl groups is 2. The lowest BCUT2D eigenvalue weighted by Gasteiger charge is -2.53. The second kappa shape index (κ2) is 28.2. The fourth-order valence-electron chi connectivity index (χ4n) is 7.88. The van der Waals surface area contributed by atoms with E-state index in [1.807, 2.05) is 20.8 Å². The Balaban J connectivity index is 2.55. The molecule has 1 unspecified atom stereocenters. The summed E-state index contributed by atoms with van der Waals surface area (Å²) in [6.45, 7) is 16.9. The third kappa shape index (κ3) is 20.3. The topological polar surface area (TPSA) is 83.8 Å². The first kappa shape index (κ1) is 48.8. The fraction of sp³-hybridized carbons (Fsp3) is 0.750. The van der Waals surface area contributed by atoms with E-state index in [4.69, 9.17) is 4.74 Å². The van der Waals surface area contributed by atoms with E-state index in [0.717, 1.165) is 68.0 Å². The number of carbonyl (C=O) groups excluding carboxylic acids is 2. The van der Waals surface area contributed by atoms with E-state index >= 15 is 0 Å². The highest BCUT2D eigenvalue weighted by Gasteiger charge is 2.52. The van der Waals surface area contributed by atoms with Crippen molar-refractivity contribution in [3.63, 3.8) is 0 Å². The van der Waals surface area contributed by atoms with E-state index < -0.39 is 17.1 Å². The average molecular weight is 739 g/mol. The van der Waals surface area contributed by atoms with Gasteiger partial charge in [0.25, 0.3) is 0 Å². The molecule has 0 aromatic rings. The van der Waals surface area contributed by atoms with Gasteiger partial charge in [0.15, 0.2) is 0 Å². The SMILES string of the molecule is CCCC/C=C\CCCCCCCCCCCC(=O)OCCC[C@@H]1/C(=C(\C)C=O)CC[C@](C)(O)[C@@]1(C)CC/C=C(\C)C(O)C/C=C(\C)CCC=C(C)C. The van der Waals surface area contributed by atoms with Gasteiger partial charge in [-0.15, -0.1) is 0 Å². The van der Waals surface area contributed by atoms with Crippen LogP contribution in [-0.4, -0.2) is 40.8 Å². The van der Waals surface area contributed by atoms with Gasteiger partial charge in [-0.2, -0.15) is 0 Å². The zero-order valence-corrected chi connectivity index (χ0v) is 35.7. The number of hydrogen-bond donors (Lipinski definition) is 2. The van der Waals surface area contributed by atoms with Crippen molar-refractivity contribution in [3.05, 3.63) is 58.2 Å². The van der Waals surface area contributed by atoms with E-state index in [-0.39, 0.29) is 11.9 Å². The Bertz CT molecular complexity index is 1180. The normalized spacial score (nSPS) is 22.6. The van der Waals surface area contributed by atoms with Crippen molar-refractivity contribution in [2.75, 3.05) is 6.61 Å². The van der Waals surface area contributed by atoms with Gasteiger partial charge < -0.3 is 14.9 Å². The van der Waals surface area contributed by atoms with Gasteiger partial charge in [-0.1, -0.05) is 119 Å². The van der Waals surface area contributed by atoms with E-state index in [0.29, 0.717) is 38.7 Å². The second-order valence-corrected chi connectivity index (χ2v) is 16.9. The lowest BCUT2D eigenvalue weighted by Crippen LogP contribution is -2.52. The van der Waals surface area contributed by atoms with Crippen LogP contribution in [-0.2, 0) is 14.3 Å². The molecule has 0 aromatic heterocycles. The molecule has 5 nitrogen and oxygen atoms in total. The molecule has 0 aromatic carbocycles. The van der Waals surface area contributed by atoms with E-state index in [2.05, 4.69) is 65.0 Å². The van der Waals surface area contributed by atoms with Crippen LogP contribution in [0.2, 0.25) is 0 Å². The minimum atomic E-state index is -0.905. The highest BCUT2D eigenvalue weighted by Crippen LogP contribution is 2.55. The van der Waals surface area contributed by atoms with Gasteiger partial charge in [0.1, 0.15) is 6.29 Å². The molecule has 2 N–H and O–H groups in total. The Kier molecular flexibility index (Phi) is 26.0. The van der Waals surface area contributed by atoms with Crippen LogP contribution < -0.4 is 0 Å². The highest BCUT2D eigenvalue weighted by molar-refractivity contribution is 5.74. The molecule has 5 heteroatoms. The van der Waals surface area contributed by atoms with E-state index in [1.54, 1.807) is 0 Å². The van der Waals surface area contributed by atoms with Gasteiger partial charge in [-0.25, -0.2) is 0 Å². The summed E-state index contributed by atoms with van der Waals surface area (Å²) in [6, 6.07) is 0. The molecule has 1 fully saturated rings. The Morgan fingerprint density at radius 3 is 2.06 bits per heavy atom. The molecule has 1 rings (SSSR count). The highest BCUT2D eigenvalue weighted by atomic mass is 16.5. The van der Waals surface area contributed by atoms with Gasteiger partial charge in [-0.3, -0.25) is 9.59 Å². The van der Waals surface area contributed by atoms with Crippen LogP contribution in [0.5, 0.6) is 0 Å². The fourth-order valence-corrected chi connectivity index (χ4v) is 7.88. The summed E-state index contributed by atoms with van der Waals surface area (Å²) in [5.74, 6) is -0.114. The summed E-state index contributed by atoms with van der Waals surface area (Å²) in [7, 11) is 0. The summed E-state index contributed by atoms with van der Waals surface area (Å²) in [5.41, 5.74) is 4.09. The van der Waals surface area contributed by atoms with Crippen LogP contribution in [0.3, 0.4) is 0 Å². The van der Waals surface area contributed by atoms with Crippen LogP contribution in [0.1, 0.15) is 203 Å². The van der Waals surface area contributed by atoms with Gasteiger partial charge >= 0.3 is 5.97 Å². The summed E-state index contributed by atoms with van der Waals surface area (Å²) >= 11 is 0. The largest absolute Gasteiger partial charge is 0.466 e. The molecule has 0 bridgehead atoms. The lowest BCUT2D eigenvalue weighted by atomic mass is 9.54. The molecule has 1 aliphatic carbocycles. The van der Waals surface area contributed by atoms with Crippen LogP contribution in [0.4, 0.5) is 0 Å². The van der Waals surface area contributed by atoms with Gasteiger partial charge in [0.05, 0.1) is 18.3 Å². The summed E-state index contributed by atoms with van der Waals surface area (Å²) in [4.78, 5) is 24.5. The molecule has 53 heavy (non-hydrogen) atoms. The molecule has 1 aliphatic rings. The molecule has 0 amide bonds. The number of allylic oxidation sites excluding steroid dienone is 8. The molecule has 4 atom stereocenters. The Morgan fingerprint density at radius 1 is 0.811 bits per heavy atom. The third-order valence-electron chi connectivity index (χ3n) is 12.0. The molecular weight excluding hydrogens is 657 g/mol. The predicted octanol–water partition coefficient (Wildman–Crippen LogP) is 13.2. The van der Waals surface area contributed by atoms with Gasteiger partial charge in [0.2, 0.25) is 0 Å². The average Bonchev–Trinajstić information content (AvgIpc) is 3.11. The van der Waals surface area contributed by atoms with Crippen molar-refractivity contribution in [2.45, 2.75) is 215 Å². The molecule has 0 radical (unpaired) electrons. The van der Waals surface area contributed by atoms with E-state index in [9.17, 15) is 19.8 Å². The summed E-state index contributed by atoms with van der Waals surface area (Å²) in [5, 5.41) is 22.7. The molecular formula is C48H82O5. The van der Waals surface area contributed by atoms with E-state index in [1.165, 1.54) is 81.8 Å². The zero-order valence-electron chi connectivity index (χ0n) is 35.7. The number of carbonyl (C=O) groups is 2. The van der Waals surface area contributed by atoms with Crippen molar-refractivity contribution >= 4 is 12.3 Å². The molecule has 0 aliphatic heterocycles. The smallest absolute Gasteiger partial charge is 0.305 e. The van der Waals surface area contributed by atoms with Crippen LogP contribution in [0.25, 0.3) is 0 Å². The predicted molar refractivity (Wildman–Crippen MR) is 226 cm³/mol. The van der Waals surface area contributed by atoms with Crippen molar-refractivity contribution < 1.29 is 24.5 Å². The molecule has 0 spiro atoms. The Hall–Kier alpha value is -2.24. The maximum absolute atomic E-state index is 12.5. The van der Waals surface area contributed by atoms with Gasteiger partial charge in [-0.05, 0) is 142 Å².